The average molecular weight is 255 g/mol. The molecule has 0 saturated heterocycles. The van der Waals surface area contributed by atoms with Crippen molar-refractivity contribution >= 4 is 16.9 Å². The van der Waals surface area contributed by atoms with Crippen LogP contribution in [0.4, 0.5) is 0 Å². The second-order valence-corrected chi connectivity index (χ2v) is 4.94. The molecule has 0 fully saturated rings. The fourth-order valence-electron chi connectivity index (χ4n) is 2.68. The van der Waals surface area contributed by atoms with Crippen molar-refractivity contribution in [2.75, 3.05) is 6.54 Å². The standard InChI is InChI=1S/C16H17NO2/c1-3-13-7-5-9-17(13)16(18)14-8-4-6-12-10-11(2)19-15(12)14/h4-8,10,13H,3,9H2,1-2H3. The highest BCUT2D eigenvalue weighted by molar-refractivity contribution is 6.05. The largest absolute Gasteiger partial charge is 0.461 e. The van der Waals surface area contributed by atoms with Gasteiger partial charge in [0.25, 0.3) is 5.91 Å². The van der Waals surface area contributed by atoms with Crippen LogP contribution in [0.5, 0.6) is 0 Å². The van der Waals surface area contributed by atoms with E-state index in [2.05, 4.69) is 19.1 Å². The first-order chi connectivity index (χ1) is 9.20. The Labute approximate surface area is 112 Å². The van der Waals surface area contributed by atoms with Crippen molar-refractivity contribution in [2.45, 2.75) is 26.3 Å². The summed E-state index contributed by atoms with van der Waals surface area (Å²) < 4.78 is 5.68. The lowest BCUT2D eigenvalue weighted by Crippen LogP contribution is -2.35. The smallest absolute Gasteiger partial charge is 0.258 e. The number of para-hydroxylation sites is 1. The lowest BCUT2D eigenvalue weighted by atomic mass is 10.1. The molecule has 1 aliphatic heterocycles. The molecular formula is C16H17NO2. The predicted molar refractivity (Wildman–Crippen MR) is 75.2 cm³/mol. The molecule has 0 bridgehead atoms. The van der Waals surface area contributed by atoms with Crippen molar-refractivity contribution < 1.29 is 9.21 Å². The van der Waals surface area contributed by atoms with Gasteiger partial charge in [-0.25, -0.2) is 0 Å². The van der Waals surface area contributed by atoms with E-state index < -0.39 is 0 Å². The SMILES string of the molecule is CCC1C=CCN1C(=O)c1cccc2cc(C)oc12. The Morgan fingerprint density at radius 3 is 3.11 bits per heavy atom. The molecule has 2 heterocycles. The number of furan rings is 1. The lowest BCUT2D eigenvalue weighted by Gasteiger charge is -2.23. The molecule has 98 valence electrons. The number of carbonyl (C=O) groups is 1. The van der Waals surface area contributed by atoms with Crippen LogP contribution < -0.4 is 0 Å². The topological polar surface area (TPSA) is 33.5 Å². The van der Waals surface area contributed by atoms with Crippen LogP contribution in [0.15, 0.2) is 40.8 Å². The third-order valence-corrected chi connectivity index (χ3v) is 3.64. The Balaban J connectivity index is 2.02. The Morgan fingerprint density at radius 2 is 2.32 bits per heavy atom. The third kappa shape index (κ3) is 1.95. The van der Waals surface area contributed by atoms with Crippen LogP contribution in [0.25, 0.3) is 11.0 Å². The summed E-state index contributed by atoms with van der Waals surface area (Å²) in [7, 11) is 0. The maximum Gasteiger partial charge on any atom is 0.258 e. The third-order valence-electron chi connectivity index (χ3n) is 3.64. The molecule has 0 aliphatic carbocycles. The summed E-state index contributed by atoms with van der Waals surface area (Å²) in [6, 6.07) is 7.90. The van der Waals surface area contributed by atoms with Crippen molar-refractivity contribution in [3.8, 4) is 0 Å². The molecule has 1 atom stereocenters. The molecule has 3 rings (SSSR count). The van der Waals surface area contributed by atoms with Gasteiger partial charge in [-0.05, 0) is 25.5 Å². The first-order valence-corrected chi connectivity index (χ1v) is 6.67. The van der Waals surface area contributed by atoms with Gasteiger partial charge in [0.2, 0.25) is 0 Å². The molecule has 0 saturated carbocycles. The van der Waals surface area contributed by atoms with Gasteiger partial charge < -0.3 is 9.32 Å². The maximum atomic E-state index is 12.7. The van der Waals surface area contributed by atoms with Crippen molar-refractivity contribution in [3.63, 3.8) is 0 Å². The normalized spacial score (nSPS) is 18.4. The molecule has 3 nitrogen and oxygen atoms in total. The van der Waals surface area contributed by atoms with Crippen LogP contribution in [-0.4, -0.2) is 23.4 Å². The van der Waals surface area contributed by atoms with Gasteiger partial charge in [-0.1, -0.05) is 31.2 Å². The highest BCUT2D eigenvalue weighted by Crippen LogP contribution is 2.25. The Kier molecular flexibility index (Phi) is 2.90. The van der Waals surface area contributed by atoms with E-state index in [9.17, 15) is 4.79 Å². The first-order valence-electron chi connectivity index (χ1n) is 6.67. The van der Waals surface area contributed by atoms with Gasteiger partial charge in [0.15, 0.2) is 0 Å². The number of aryl methyl sites for hydroxylation is 1. The summed E-state index contributed by atoms with van der Waals surface area (Å²) in [5.74, 6) is 0.888. The minimum Gasteiger partial charge on any atom is -0.461 e. The van der Waals surface area contributed by atoms with Gasteiger partial charge >= 0.3 is 0 Å². The van der Waals surface area contributed by atoms with Crippen molar-refractivity contribution in [1.29, 1.82) is 0 Å². The van der Waals surface area contributed by atoms with E-state index in [0.29, 0.717) is 17.7 Å². The summed E-state index contributed by atoms with van der Waals surface area (Å²) in [6.07, 6.45) is 5.10. The number of nitrogens with zero attached hydrogens (tertiary/aromatic N) is 1. The van der Waals surface area contributed by atoms with Gasteiger partial charge in [-0.3, -0.25) is 4.79 Å². The molecule has 1 amide bonds. The fourth-order valence-corrected chi connectivity index (χ4v) is 2.68. The Morgan fingerprint density at radius 1 is 1.47 bits per heavy atom. The number of benzene rings is 1. The van der Waals surface area contributed by atoms with Crippen LogP contribution in [0.3, 0.4) is 0 Å². The quantitative estimate of drug-likeness (QED) is 0.769. The highest BCUT2D eigenvalue weighted by Gasteiger charge is 2.26. The van der Waals surface area contributed by atoms with Gasteiger partial charge in [0.05, 0.1) is 11.6 Å². The minimum atomic E-state index is 0.0526. The molecule has 0 spiro atoms. The van der Waals surface area contributed by atoms with Gasteiger partial charge in [-0.2, -0.15) is 0 Å². The summed E-state index contributed by atoms with van der Waals surface area (Å²) in [5, 5.41) is 0.989. The second-order valence-electron chi connectivity index (χ2n) is 4.94. The summed E-state index contributed by atoms with van der Waals surface area (Å²) in [5.41, 5.74) is 1.36. The van der Waals surface area contributed by atoms with E-state index in [1.165, 1.54) is 0 Å². The van der Waals surface area contributed by atoms with Gasteiger partial charge in [-0.15, -0.1) is 0 Å². The zero-order valence-corrected chi connectivity index (χ0v) is 11.2. The van der Waals surface area contributed by atoms with Crippen LogP contribution >= 0.6 is 0 Å². The number of fused-ring (bicyclic) bond motifs is 1. The Bertz CT molecular complexity index is 654. The molecule has 1 aliphatic rings. The number of hydrogen-bond acceptors (Lipinski definition) is 2. The lowest BCUT2D eigenvalue weighted by molar-refractivity contribution is 0.0748. The van der Waals surface area contributed by atoms with E-state index in [4.69, 9.17) is 4.42 Å². The molecule has 1 aromatic heterocycles. The summed E-state index contributed by atoms with van der Waals surface area (Å²) >= 11 is 0. The predicted octanol–water partition coefficient (Wildman–Crippen LogP) is 3.53. The van der Waals surface area contributed by atoms with Crippen LogP contribution in [0.1, 0.15) is 29.5 Å². The molecule has 19 heavy (non-hydrogen) atoms. The molecule has 0 N–H and O–H groups in total. The van der Waals surface area contributed by atoms with Gasteiger partial charge in [0.1, 0.15) is 11.3 Å². The molecule has 3 heteroatoms. The number of rotatable bonds is 2. The molecule has 0 radical (unpaired) electrons. The molecule has 1 aromatic carbocycles. The van der Waals surface area contributed by atoms with Gasteiger partial charge in [0, 0.05) is 11.9 Å². The average Bonchev–Trinajstić information content (AvgIpc) is 3.01. The van der Waals surface area contributed by atoms with Crippen molar-refractivity contribution in [3.05, 3.63) is 47.7 Å². The monoisotopic (exact) mass is 255 g/mol. The van der Waals surface area contributed by atoms with E-state index >= 15 is 0 Å². The zero-order valence-electron chi connectivity index (χ0n) is 11.2. The fraction of sp³-hybridized carbons (Fsp3) is 0.312. The molecule has 2 aromatic rings. The molecular weight excluding hydrogens is 238 g/mol. The summed E-state index contributed by atoms with van der Waals surface area (Å²) in [6.45, 7) is 4.69. The second kappa shape index (κ2) is 4.57. The Hall–Kier alpha value is -2.03. The zero-order chi connectivity index (χ0) is 13.4. The summed E-state index contributed by atoms with van der Waals surface area (Å²) in [4.78, 5) is 14.6. The van der Waals surface area contributed by atoms with Crippen LogP contribution in [-0.2, 0) is 0 Å². The highest BCUT2D eigenvalue weighted by atomic mass is 16.3. The molecule has 1 unspecified atom stereocenters. The van der Waals surface area contributed by atoms with E-state index in [-0.39, 0.29) is 11.9 Å². The maximum absolute atomic E-state index is 12.7. The van der Waals surface area contributed by atoms with Crippen molar-refractivity contribution in [1.82, 2.24) is 4.90 Å². The number of carbonyl (C=O) groups excluding carboxylic acids is 1. The van der Waals surface area contributed by atoms with E-state index in [0.717, 1.165) is 17.6 Å². The number of amides is 1. The first kappa shape index (κ1) is 12.0. The van der Waals surface area contributed by atoms with Crippen LogP contribution in [0, 0.1) is 6.92 Å². The van der Waals surface area contributed by atoms with E-state index in [1.807, 2.05) is 36.1 Å². The van der Waals surface area contributed by atoms with Crippen molar-refractivity contribution in [2.24, 2.45) is 0 Å². The number of hydrogen-bond donors (Lipinski definition) is 0. The minimum absolute atomic E-state index is 0.0526. The van der Waals surface area contributed by atoms with E-state index in [1.54, 1.807) is 0 Å². The van der Waals surface area contributed by atoms with Crippen LogP contribution in [0.2, 0.25) is 0 Å².